The lowest BCUT2D eigenvalue weighted by Gasteiger charge is -2.32. The van der Waals surface area contributed by atoms with Gasteiger partial charge >= 0.3 is 0 Å². The summed E-state index contributed by atoms with van der Waals surface area (Å²) in [5.41, 5.74) is 0.470. The molecule has 0 atom stereocenters. The summed E-state index contributed by atoms with van der Waals surface area (Å²) in [5.74, 6) is 0. The van der Waals surface area contributed by atoms with Crippen molar-refractivity contribution in [3.63, 3.8) is 0 Å². The first-order valence-corrected chi connectivity index (χ1v) is 4.62. The molecule has 1 saturated heterocycles. The predicted molar refractivity (Wildman–Crippen MR) is 49.4 cm³/mol. The second-order valence-corrected chi connectivity index (χ2v) is 4.70. The van der Waals surface area contributed by atoms with Gasteiger partial charge in [0.15, 0.2) is 0 Å². The van der Waals surface area contributed by atoms with Gasteiger partial charge in [0.1, 0.15) is 0 Å². The van der Waals surface area contributed by atoms with E-state index in [4.69, 9.17) is 0 Å². The smallest absolute Gasteiger partial charge is 0.00300 e. The fourth-order valence-electron chi connectivity index (χ4n) is 1.63. The van der Waals surface area contributed by atoms with Crippen LogP contribution in [0.15, 0.2) is 0 Å². The van der Waals surface area contributed by atoms with Crippen molar-refractivity contribution >= 4 is 0 Å². The van der Waals surface area contributed by atoms with Crippen LogP contribution >= 0.6 is 0 Å². The minimum atomic E-state index is 0.470. The summed E-state index contributed by atoms with van der Waals surface area (Å²) in [5, 5.41) is 0. The van der Waals surface area contributed by atoms with E-state index in [1.165, 1.54) is 32.5 Å². The highest BCUT2D eigenvalue weighted by atomic mass is 15.1. The number of rotatable bonds is 1. The Bertz CT molecular complexity index is 107. The van der Waals surface area contributed by atoms with E-state index in [0.717, 1.165) is 0 Å². The topological polar surface area (TPSA) is 3.24 Å². The van der Waals surface area contributed by atoms with Crippen molar-refractivity contribution in [1.29, 1.82) is 0 Å². The van der Waals surface area contributed by atoms with Crippen LogP contribution in [0.3, 0.4) is 0 Å². The molecule has 0 aromatic rings. The molecule has 0 spiro atoms. The SMILES string of the molecule is CC(C)(C)CN1CC[CH]CC1. The van der Waals surface area contributed by atoms with Gasteiger partial charge < -0.3 is 4.90 Å². The van der Waals surface area contributed by atoms with E-state index in [2.05, 4.69) is 32.1 Å². The van der Waals surface area contributed by atoms with Crippen LogP contribution in [0.4, 0.5) is 0 Å². The van der Waals surface area contributed by atoms with E-state index in [0.29, 0.717) is 5.41 Å². The molecule has 0 aliphatic carbocycles. The second-order valence-electron chi connectivity index (χ2n) is 4.70. The van der Waals surface area contributed by atoms with Crippen LogP contribution in [0.5, 0.6) is 0 Å². The molecule has 1 fully saturated rings. The third-order valence-corrected chi connectivity index (χ3v) is 2.00. The van der Waals surface area contributed by atoms with Gasteiger partial charge in [-0.2, -0.15) is 0 Å². The molecule has 0 unspecified atom stereocenters. The van der Waals surface area contributed by atoms with Crippen LogP contribution in [0.25, 0.3) is 0 Å². The van der Waals surface area contributed by atoms with Crippen molar-refractivity contribution in [3.05, 3.63) is 6.42 Å². The lowest BCUT2D eigenvalue weighted by molar-refractivity contribution is 0.179. The zero-order valence-corrected chi connectivity index (χ0v) is 8.06. The van der Waals surface area contributed by atoms with Crippen LogP contribution in [-0.4, -0.2) is 24.5 Å². The molecule has 0 amide bonds. The van der Waals surface area contributed by atoms with Gasteiger partial charge in [-0.3, -0.25) is 0 Å². The molecule has 0 N–H and O–H groups in total. The molecule has 0 bridgehead atoms. The predicted octanol–water partition coefficient (Wildman–Crippen LogP) is 2.33. The maximum atomic E-state index is 2.57. The van der Waals surface area contributed by atoms with Crippen molar-refractivity contribution in [2.75, 3.05) is 19.6 Å². The Morgan fingerprint density at radius 3 is 2.18 bits per heavy atom. The number of hydrogen-bond acceptors (Lipinski definition) is 1. The van der Waals surface area contributed by atoms with Gasteiger partial charge in [0, 0.05) is 6.54 Å². The standard InChI is InChI=1S/C10H20N/c1-10(2,3)9-11-7-5-4-6-8-11/h4H,5-9H2,1-3H3. The minimum absolute atomic E-state index is 0.470. The molecule has 1 aliphatic heterocycles. The van der Waals surface area contributed by atoms with Gasteiger partial charge in [-0.15, -0.1) is 0 Å². The summed E-state index contributed by atoms with van der Waals surface area (Å²) in [6.07, 6.45) is 4.98. The zero-order chi connectivity index (χ0) is 8.32. The molecule has 1 heteroatoms. The van der Waals surface area contributed by atoms with E-state index < -0.39 is 0 Å². The van der Waals surface area contributed by atoms with E-state index in [9.17, 15) is 0 Å². The fraction of sp³-hybridized carbons (Fsp3) is 0.900. The van der Waals surface area contributed by atoms with Gasteiger partial charge in [0.2, 0.25) is 0 Å². The van der Waals surface area contributed by atoms with E-state index in [-0.39, 0.29) is 0 Å². The molecular weight excluding hydrogens is 134 g/mol. The molecule has 1 nitrogen and oxygen atoms in total. The van der Waals surface area contributed by atoms with E-state index in [1.54, 1.807) is 0 Å². The number of piperidine rings is 1. The van der Waals surface area contributed by atoms with Crippen molar-refractivity contribution in [2.24, 2.45) is 5.41 Å². The highest BCUT2D eigenvalue weighted by molar-refractivity contribution is 4.79. The Hall–Kier alpha value is -0.0400. The average Bonchev–Trinajstić information content (AvgIpc) is 1.85. The first-order chi connectivity index (χ1) is 5.08. The van der Waals surface area contributed by atoms with E-state index >= 15 is 0 Å². The van der Waals surface area contributed by atoms with Crippen molar-refractivity contribution in [3.8, 4) is 0 Å². The normalized spacial score (nSPS) is 22.1. The summed E-state index contributed by atoms with van der Waals surface area (Å²) in [7, 11) is 0. The fourth-order valence-corrected chi connectivity index (χ4v) is 1.63. The molecule has 1 radical (unpaired) electrons. The highest BCUT2D eigenvalue weighted by Gasteiger charge is 2.17. The maximum Gasteiger partial charge on any atom is 0.00300 e. The van der Waals surface area contributed by atoms with Gasteiger partial charge in [0.25, 0.3) is 0 Å². The summed E-state index contributed by atoms with van der Waals surface area (Å²) in [6, 6.07) is 0. The van der Waals surface area contributed by atoms with Crippen LogP contribution < -0.4 is 0 Å². The molecular formula is C10H20N. The van der Waals surface area contributed by atoms with Gasteiger partial charge in [-0.25, -0.2) is 0 Å². The van der Waals surface area contributed by atoms with Crippen molar-refractivity contribution in [2.45, 2.75) is 33.6 Å². The van der Waals surface area contributed by atoms with Crippen molar-refractivity contribution in [1.82, 2.24) is 4.90 Å². The lowest BCUT2D eigenvalue weighted by atomic mass is 9.95. The first-order valence-electron chi connectivity index (χ1n) is 4.62. The highest BCUT2D eigenvalue weighted by Crippen LogP contribution is 2.18. The molecule has 65 valence electrons. The van der Waals surface area contributed by atoms with Crippen LogP contribution in [0, 0.1) is 11.8 Å². The molecule has 0 aromatic heterocycles. The summed E-state index contributed by atoms with van der Waals surface area (Å²) in [6.45, 7) is 10.7. The lowest BCUT2D eigenvalue weighted by Crippen LogP contribution is -2.36. The Morgan fingerprint density at radius 1 is 1.18 bits per heavy atom. The Balaban J connectivity index is 2.24. The molecule has 11 heavy (non-hydrogen) atoms. The minimum Gasteiger partial charge on any atom is -0.303 e. The van der Waals surface area contributed by atoms with Crippen LogP contribution in [0.1, 0.15) is 33.6 Å². The largest absolute Gasteiger partial charge is 0.303 e. The van der Waals surface area contributed by atoms with Crippen molar-refractivity contribution < 1.29 is 0 Å². The van der Waals surface area contributed by atoms with Gasteiger partial charge in [-0.1, -0.05) is 20.8 Å². The Kier molecular flexibility index (Phi) is 2.94. The first kappa shape index (κ1) is 9.05. The van der Waals surface area contributed by atoms with Gasteiger partial charge in [0.05, 0.1) is 0 Å². The Morgan fingerprint density at radius 2 is 1.73 bits per heavy atom. The zero-order valence-electron chi connectivity index (χ0n) is 8.06. The quantitative estimate of drug-likeness (QED) is 0.560. The number of likely N-dealkylation sites (tertiary alicyclic amines) is 1. The molecule has 0 aromatic carbocycles. The molecule has 1 rings (SSSR count). The number of nitrogens with zero attached hydrogens (tertiary/aromatic N) is 1. The summed E-state index contributed by atoms with van der Waals surface area (Å²) >= 11 is 0. The van der Waals surface area contributed by atoms with Crippen LogP contribution in [-0.2, 0) is 0 Å². The molecule has 1 aliphatic rings. The van der Waals surface area contributed by atoms with Gasteiger partial charge in [-0.05, 0) is 37.8 Å². The van der Waals surface area contributed by atoms with Crippen LogP contribution in [0.2, 0.25) is 0 Å². The summed E-state index contributed by atoms with van der Waals surface area (Å²) < 4.78 is 0. The molecule has 0 saturated carbocycles. The average molecular weight is 154 g/mol. The Labute approximate surface area is 70.8 Å². The molecule has 1 heterocycles. The monoisotopic (exact) mass is 154 g/mol. The third-order valence-electron chi connectivity index (χ3n) is 2.00. The second kappa shape index (κ2) is 3.57. The summed E-state index contributed by atoms with van der Waals surface area (Å²) in [4.78, 5) is 2.57. The number of hydrogen-bond donors (Lipinski definition) is 0. The van der Waals surface area contributed by atoms with E-state index in [1.807, 2.05) is 0 Å². The third kappa shape index (κ3) is 3.76. The maximum absolute atomic E-state index is 2.57.